The molecular formula is C26H22F3N3O4. The number of nitrogens with zero attached hydrogens (tertiary/aromatic N) is 1. The van der Waals surface area contributed by atoms with Gasteiger partial charge < -0.3 is 19.4 Å². The highest BCUT2D eigenvalue weighted by Gasteiger charge is 2.36. The fraction of sp³-hybridized carbons (Fsp3) is 0.231. The first-order chi connectivity index (χ1) is 17.2. The van der Waals surface area contributed by atoms with Gasteiger partial charge in [0.05, 0.1) is 36.0 Å². The summed E-state index contributed by atoms with van der Waals surface area (Å²) in [5.74, 6) is -1.34. The number of ether oxygens (including phenoxy) is 1. The van der Waals surface area contributed by atoms with E-state index in [2.05, 4.69) is 10.3 Å². The minimum Gasteiger partial charge on any atom is -0.389 e. The lowest BCUT2D eigenvalue weighted by molar-refractivity contribution is -0.137. The third-order valence-electron chi connectivity index (χ3n) is 6.19. The quantitative estimate of drug-likeness (QED) is 0.335. The van der Waals surface area contributed by atoms with Gasteiger partial charge in [-0.05, 0) is 31.2 Å². The molecule has 0 radical (unpaired) electrons. The minimum atomic E-state index is -4.61. The summed E-state index contributed by atoms with van der Waals surface area (Å²) in [4.78, 5) is 29.0. The number of aliphatic hydroxyl groups is 1. The van der Waals surface area contributed by atoms with Crippen LogP contribution in [-0.2, 0) is 27.0 Å². The van der Waals surface area contributed by atoms with Gasteiger partial charge in [-0.2, -0.15) is 13.2 Å². The highest BCUT2D eigenvalue weighted by Crippen LogP contribution is 2.40. The Balaban J connectivity index is 1.75. The van der Waals surface area contributed by atoms with Crippen LogP contribution in [0.25, 0.3) is 33.0 Å². The molecule has 10 heteroatoms. The van der Waals surface area contributed by atoms with Crippen LogP contribution in [0.2, 0.25) is 0 Å². The molecule has 4 aromatic rings. The van der Waals surface area contributed by atoms with Crippen LogP contribution in [0.4, 0.5) is 13.2 Å². The Labute approximate surface area is 203 Å². The second kappa shape index (κ2) is 8.96. The van der Waals surface area contributed by atoms with E-state index >= 15 is 0 Å². The summed E-state index contributed by atoms with van der Waals surface area (Å²) in [5.41, 5.74) is 0.925. The van der Waals surface area contributed by atoms with E-state index in [0.717, 1.165) is 17.6 Å². The molecule has 1 aliphatic rings. The summed E-state index contributed by atoms with van der Waals surface area (Å²) >= 11 is 0. The van der Waals surface area contributed by atoms with Gasteiger partial charge in [0.2, 0.25) is 0 Å². The summed E-state index contributed by atoms with van der Waals surface area (Å²) < 4.78 is 47.6. The van der Waals surface area contributed by atoms with Gasteiger partial charge in [0.15, 0.2) is 0 Å². The monoisotopic (exact) mass is 497 g/mol. The second-order valence-electron chi connectivity index (χ2n) is 8.52. The van der Waals surface area contributed by atoms with E-state index in [-0.39, 0.29) is 35.2 Å². The van der Waals surface area contributed by atoms with E-state index in [1.807, 2.05) is 12.1 Å². The first-order valence-corrected chi connectivity index (χ1v) is 11.3. The smallest absolute Gasteiger partial charge is 0.389 e. The Kier molecular flexibility index (Phi) is 5.93. The molecule has 0 spiro atoms. The summed E-state index contributed by atoms with van der Waals surface area (Å²) in [5, 5.41) is 13.5. The Bertz CT molecular complexity index is 1530. The molecule has 3 N–H and O–H groups in total. The number of aliphatic hydroxyl groups excluding tert-OH is 1. The zero-order valence-electron chi connectivity index (χ0n) is 19.1. The number of alkyl halides is 3. The van der Waals surface area contributed by atoms with Crippen LogP contribution < -0.4 is 5.32 Å². The number of para-hydroxylation sites is 1. The average Bonchev–Trinajstić information content (AvgIpc) is 3.49. The normalized spacial score (nSPS) is 15.4. The zero-order chi connectivity index (χ0) is 25.6. The Morgan fingerprint density at radius 1 is 1.03 bits per heavy atom. The van der Waals surface area contributed by atoms with E-state index < -0.39 is 29.7 Å². The number of aromatic nitrogens is 2. The SMILES string of the molecule is CCOCC(O)Cn1cc(C2=C(c3c[nH]c4ccccc34)C(=O)NC2=O)c2cc(C(F)(F)F)ccc21. The van der Waals surface area contributed by atoms with Crippen molar-refractivity contribution in [3.8, 4) is 0 Å². The van der Waals surface area contributed by atoms with Gasteiger partial charge in [-0.15, -0.1) is 0 Å². The number of nitrogens with one attached hydrogen (secondary N) is 2. The lowest BCUT2D eigenvalue weighted by Gasteiger charge is -2.13. The second-order valence-corrected chi connectivity index (χ2v) is 8.52. The van der Waals surface area contributed by atoms with Crippen molar-refractivity contribution < 1.29 is 32.6 Å². The number of amides is 2. The van der Waals surface area contributed by atoms with Crippen molar-refractivity contribution in [1.29, 1.82) is 0 Å². The van der Waals surface area contributed by atoms with Crippen LogP contribution in [0, 0.1) is 0 Å². The highest BCUT2D eigenvalue weighted by atomic mass is 19.4. The number of aromatic amines is 1. The maximum atomic E-state index is 13.6. The zero-order valence-corrected chi connectivity index (χ0v) is 19.1. The number of benzene rings is 2. The first kappa shape index (κ1) is 23.8. The number of carbonyl (C=O) groups is 2. The summed E-state index contributed by atoms with van der Waals surface area (Å²) in [6.45, 7) is 2.23. The van der Waals surface area contributed by atoms with E-state index in [4.69, 9.17) is 4.74 Å². The molecule has 36 heavy (non-hydrogen) atoms. The Hall–Kier alpha value is -3.89. The molecule has 2 aromatic carbocycles. The summed E-state index contributed by atoms with van der Waals surface area (Å²) in [6, 6.07) is 10.4. The van der Waals surface area contributed by atoms with Crippen molar-refractivity contribution in [2.75, 3.05) is 13.2 Å². The van der Waals surface area contributed by atoms with E-state index in [1.54, 1.807) is 29.8 Å². The number of carbonyl (C=O) groups excluding carboxylic acids is 2. The van der Waals surface area contributed by atoms with E-state index in [1.165, 1.54) is 12.3 Å². The molecule has 1 unspecified atom stereocenters. The third kappa shape index (κ3) is 4.08. The molecule has 0 fully saturated rings. The molecule has 2 amide bonds. The fourth-order valence-corrected chi connectivity index (χ4v) is 4.60. The maximum Gasteiger partial charge on any atom is 0.416 e. The molecule has 7 nitrogen and oxygen atoms in total. The number of fused-ring (bicyclic) bond motifs is 2. The standard InChI is InChI=1S/C26H22F3N3O4/c1-2-36-13-15(33)11-32-12-19(17-9-14(26(27,28)29)7-8-21(17)32)23-22(24(34)31-25(23)35)18-10-30-20-6-4-3-5-16(18)20/h3-10,12,15,30,33H,2,11,13H2,1H3,(H,31,34,35). The number of H-pyrrole nitrogens is 1. The predicted molar refractivity (Wildman–Crippen MR) is 128 cm³/mol. The third-order valence-corrected chi connectivity index (χ3v) is 6.19. The number of hydrogen-bond donors (Lipinski definition) is 3. The van der Waals surface area contributed by atoms with Crippen LogP contribution in [0.1, 0.15) is 23.6 Å². The van der Waals surface area contributed by atoms with Crippen LogP contribution in [0.5, 0.6) is 0 Å². The predicted octanol–water partition coefficient (Wildman–Crippen LogP) is 4.11. The molecule has 5 rings (SSSR count). The van der Waals surface area contributed by atoms with Gasteiger partial charge in [-0.25, -0.2) is 0 Å². The van der Waals surface area contributed by atoms with Gasteiger partial charge in [-0.3, -0.25) is 14.9 Å². The summed E-state index contributed by atoms with van der Waals surface area (Å²) in [6.07, 6.45) is -2.44. The van der Waals surface area contributed by atoms with Gasteiger partial charge >= 0.3 is 6.18 Å². The minimum absolute atomic E-state index is 0.0210. The van der Waals surface area contributed by atoms with E-state index in [9.17, 15) is 27.9 Å². The van der Waals surface area contributed by atoms with Crippen LogP contribution >= 0.6 is 0 Å². The molecule has 1 aliphatic heterocycles. The number of rotatable bonds is 7. The molecule has 2 aromatic heterocycles. The lowest BCUT2D eigenvalue weighted by atomic mass is 9.95. The molecule has 0 saturated carbocycles. The molecule has 186 valence electrons. The van der Waals surface area contributed by atoms with Gasteiger partial charge in [0, 0.05) is 51.9 Å². The molecule has 0 aliphatic carbocycles. The topological polar surface area (TPSA) is 96.3 Å². The van der Waals surface area contributed by atoms with Gasteiger partial charge in [0.1, 0.15) is 0 Å². The van der Waals surface area contributed by atoms with Crippen LogP contribution in [0.15, 0.2) is 54.9 Å². The van der Waals surface area contributed by atoms with Crippen molar-refractivity contribution in [3.63, 3.8) is 0 Å². The lowest BCUT2D eigenvalue weighted by Crippen LogP contribution is -2.22. The van der Waals surface area contributed by atoms with E-state index in [0.29, 0.717) is 23.1 Å². The molecule has 0 saturated heterocycles. The van der Waals surface area contributed by atoms with Crippen molar-refractivity contribution >= 4 is 44.8 Å². The Morgan fingerprint density at radius 3 is 2.47 bits per heavy atom. The molecule has 3 heterocycles. The highest BCUT2D eigenvalue weighted by molar-refractivity contribution is 6.50. The fourth-order valence-electron chi connectivity index (χ4n) is 4.60. The number of imide groups is 1. The van der Waals surface area contributed by atoms with Crippen molar-refractivity contribution in [3.05, 3.63) is 71.5 Å². The Morgan fingerprint density at radius 2 is 1.75 bits per heavy atom. The van der Waals surface area contributed by atoms with Crippen molar-refractivity contribution in [1.82, 2.24) is 14.9 Å². The van der Waals surface area contributed by atoms with Crippen molar-refractivity contribution in [2.24, 2.45) is 0 Å². The largest absolute Gasteiger partial charge is 0.416 e. The molecule has 0 bridgehead atoms. The van der Waals surface area contributed by atoms with Crippen LogP contribution in [0.3, 0.4) is 0 Å². The summed E-state index contributed by atoms with van der Waals surface area (Å²) in [7, 11) is 0. The molecular weight excluding hydrogens is 475 g/mol. The average molecular weight is 497 g/mol. The van der Waals surface area contributed by atoms with Gasteiger partial charge in [0.25, 0.3) is 11.8 Å². The van der Waals surface area contributed by atoms with Gasteiger partial charge in [-0.1, -0.05) is 18.2 Å². The number of hydrogen-bond acceptors (Lipinski definition) is 4. The first-order valence-electron chi connectivity index (χ1n) is 11.3. The number of halogens is 3. The van der Waals surface area contributed by atoms with Crippen molar-refractivity contribution in [2.45, 2.75) is 25.7 Å². The van der Waals surface area contributed by atoms with Crippen LogP contribution in [-0.4, -0.2) is 45.8 Å². The molecule has 1 atom stereocenters. The maximum absolute atomic E-state index is 13.6.